The molecule has 3 N–H and O–H groups in total. The van der Waals surface area contributed by atoms with Crippen LogP contribution in [0.5, 0.6) is 0 Å². The molecule has 66 heavy (non-hydrogen) atoms. The maximum absolute atomic E-state index is 14.6. The number of fused-ring (bicyclic) bond motifs is 7. The summed E-state index contributed by atoms with van der Waals surface area (Å²) < 4.78 is 3.73. The maximum Gasteiger partial charge on any atom is 0.328 e. The van der Waals surface area contributed by atoms with Crippen molar-refractivity contribution in [3.8, 4) is 22.6 Å². The molecular weight excluding hydrogens is 843 g/mol. The molecule has 2 aromatic carbocycles. The summed E-state index contributed by atoms with van der Waals surface area (Å²) in [7, 11) is 0. The van der Waals surface area contributed by atoms with Gasteiger partial charge in [-0.3, -0.25) is 14.6 Å². The number of nitrogens with one attached hydrogen (secondary N) is 2. The lowest BCUT2D eigenvalue weighted by Crippen LogP contribution is -2.54. The summed E-state index contributed by atoms with van der Waals surface area (Å²) in [4.78, 5) is 55.6. The van der Waals surface area contributed by atoms with Crippen molar-refractivity contribution in [3.05, 3.63) is 101 Å². The Labute approximate surface area is 391 Å². The van der Waals surface area contributed by atoms with Crippen LogP contribution >= 0.6 is 11.3 Å². The highest BCUT2D eigenvalue weighted by Crippen LogP contribution is 2.51. The molecule has 342 valence electrons. The Kier molecular flexibility index (Phi) is 12.5. The number of carbonyl (C=O) groups is 3. The number of benzene rings is 2. The molecule has 2 aliphatic heterocycles. The van der Waals surface area contributed by atoms with E-state index in [1.807, 2.05) is 12.3 Å². The van der Waals surface area contributed by atoms with Gasteiger partial charge in [-0.05, 0) is 154 Å². The average Bonchev–Trinajstić information content (AvgIpc) is 4.04. The predicted octanol–water partition coefficient (Wildman–Crippen LogP) is 11.1. The van der Waals surface area contributed by atoms with Crippen molar-refractivity contribution < 1.29 is 19.5 Å². The highest BCUT2D eigenvalue weighted by molar-refractivity contribution is 7.21. The highest BCUT2D eigenvalue weighted by Gasteiger charge is 2.43. The van der Waals surface area contributed by atoms with Crippen molar-refractivity contribution in [1.82, 2.24) is 24.8 Å². The standard InChI is InChI=1S/C54H61N7O4S/c1-3-59-28-9-10-37(34-59)24-29-60-30-31-61-45-33-46(52(64)58-54(25-7-8-26-54)53(65)56-39-16-13-36(14-17-39)15-22-47(62)63)66-51(45)48(38-11-5-4-6-12-38)50(61)41-19-20-42-40(49(41)60)18-21-43(57-42)44-32-35(2)23-27-55-44/h13-23,27,32-33,37-38H,3-12,24-26,28-31,34H2,1-2H3,(H,56,65)(H,58,64)(H,62,63)/b22-15+. The van der Waals surface area contributed by atoms with Crippen LogP contribution in [-0.4, -0.2) is 80.6 Å². The van der Waals surface area contributed by atoms with Gasteiger partial charge in [0.15, 0.2) is 0 Å². The lowest BCUT2D eigenvalue weighted by Gasteiger charge is -2.34. The van der Waals surface area contributed by atoms with Gasteiger partial charge in [0.2, 0.25) is 5.91 Å². The van der Waals surface area contributed by atoms with E-state index in [2.05, 4.69) is 80.2 Å². The first-order chi connectivity index (χ1) is 32.2. The van der Waals surface area contributed by atoms with Crippen molar-refractivity contribution in [2.24, 2.45) is 5.92 Å². The van der Waals surface area contributed by atoms with Crippen molar-refractivity contribution in [2.45, 2.75) is 109 Å². The molecule has 10 rings (SSSR count). The summed E-state index contributed by atoms with van der Waals surface area (Å²) in [6.45, 7) is 10.5. The number of hydrogen-bond donors (Lipinski definition) is 3. The molecule has 1 unspecified atom stereocenters. The van der Waals surface area contributed by atoms with Crippen molar-refractivity contribution >= 4 is 67.7 Å². The van der Waals surface area contributed by atoms with Gasteiger partial charge in [-0.15, -0.1) is 11.3 Å². The Hall–Kier alpha value is -5.85. The zero-order valence-corrected chi connectivity index (χ0v) is 39.1. The topological polar surface area (TPSA) is 133 Å². The van der Waals surface area contributed by atoms with Crippen LogP contribution in [0.2, 0.25) is 0 Å². The zero-order valence-electron chi connectivity index (χ0n) is 38.3. The van der Waals surface area contributed by atoms with Gasteiger partial charge < -0.3 is 30.1 Å². The summed E-state index contributed by atoms with van der Waals surface area (Å²) in [5, 5.41) is 16.5. The number of hydrogen-bond acceptors (Lipinski definition) is 8. The molecule has 6 heterocycles. The number of carbonyl (C=O) groups excluding carboxylic acids is 2. The van der Waals surface area contributed by atoms with Gasteiger partial charge >= 0.3 is 5.97 Å². The van der Waals surface area contributed by atoms with Crippen LogP contribution in [-0.2, 0) is 16.1 Å². The minimum Gasteiger partial charge on any atom is -0.478 e. The van der Waals surface area contributed by atoms with E-state index in [-0.39, 0.29) is 11.8 Å². The van der Waals surface area contributed by atoms with Crippen LogP contribution in [0.25, 0.3) is 49.8 Å². The molecule has 11 nitrogen and oxygen atoms in total. The molecule has 1 atom stereocenters. The van der Waals surface area contributed by atoms with Crippen LogP contribution < -0.4 is 15.5 Å². The molecule has 3 fully saturated rings. The third-order valence-corrected chi connectivity index (χ3v) is 16.0. The van der Waals surface area contributed by atoms with Crippen LogP contribution in [0.3, 0.4) is 0 Å². The van der Waals surface area contributed by atoms with E-state index in [9.17, 15) is 14.4 Å². The number of carboxylic acid groups (broad SMARTS) is 1. The first-order valence-corrected chi connectivity index (χ1v) is 25.1. The Morgan fingerprint density at radius 1 is 0.894 bits per heavy atom. The number of thiophene rings is 1. The Morgan fingerprint density at radius 2 is 1.71 bits per heavy atom. The van der Waals surface area contributed by atoms with Crippen molar-refractivity contribution in [1.29, 1.82) is 0 Å². The fraction of sp³-hybridized carbons (Fsp3) is 0.426. The number of aromatic nitrogens is 3. The molecule has 4 aliphatic rings. The Bertz CT molecular complexity index is 2810. The number of carboxylic acids is 1. The lowest BCUT2D eigenvalue weighted by atomic mass is 9.82. The van der Waals surface area contributed by atoms with E-state index in [1.54, 1.807) is 35.6 Å². The van der Waals surface area contributed by atoms with E-state index >= 15 is 0 Å². The second-order valence-electron chi connectivity index (χ2n) is 19.2. The largest absolute Gasteiger partial charge is 0.478 e. The maximum atomic E-state index is 14.6. The third-order valence-electron chi connectivity index (χ3n) is 14.9. The molecule has 4 aromatic heterocycles. The number of aryl methyl sites for hydroxylation is 1. The quantitative estimate of drug-likeness (QED) is 0.103. The monoisotopic (exact) mass is 903 g/mol. The van der Waals surface area contributed by atoms with Gasteiger partial charge in [-0.25, -0.2) is 9.78 Å². The summed E-state index contributed by atoms with van der Waals surface area (Å²) in [5.41, 5.74) is 10.5. The van der Waals surface area contributed by atoms with Crippen LogP contribution in [0, 0.1) is 12.8 Å². The smallest absolute Gasteiger partial charge is 0.328 e. The number of aliphatic carboxylic acids is 1. The van der Waals surface area contributed by atoms with E-state index in [0.717, 1.165) is 98.9 Å². The van der Waals surface area contributed by atoms with Gasteiger partial charge in [0.1, 0.15) is 5.54 Å². The number of rotatable bonds is 12. The summed E-state index contributed by atoms with van der Waals surface area (Å²) in [6.07, 6.45) is 16.9. The predicted molar refractivity (Wildman–Crippen MR) is 266 cm³/mol. The lowest BCUT2D eigenvalue weighted by molar-refractivity contribution is -0.131. The van der Waals surface area contributed by atoms with Crippen LogP contribution in [0.1, 0.15) is 116 Å². The molecule has 2 saturated carbocycles. The molecule has 2 amide bonds. The molecule has 2 aliphatic carbocycles. The van der Waals surface area contributed by atoms with Gasteiger partial charge in [0.05, 0.1) is 43.4 Å². The SMILES string of the molecule is CCN1CCCC(CCN2CCn3c(c(C4CCCCC4)c4sc(C(=O)NC5(C(=O)Nc6ccc(/C=C/C(=O)O)cc6)CCCC5)cc43)-c3ccc4nc(-c5cc(C)ccn5)ccc4c32)C1. The zero-order chi connectivity index (χ0) is 45.4. The Balaban J connectivity index is 1.02. The average molecular weight is 904 g/mol. The van der Waals surface area contributed by atoms with E-state index in [0.29, 0.717) is 40.8 Å². The van der Waals surface area contributed by atoms with Gasteiger partial charge in [0, 0.05) is 55.1 Å². The highest BCUT2D eigenvalue weighted by atomic mass is 32.1. The van der Waals surface area contributed by atoms with E-state index in [4.69, 9.17) is 10.1 Å². The van der Waals surface area contributed by atoms with Gasteiger partial charge in [-0.2, -0.15) is 0 Å². The number of likely N-dealkylation sites (tertiary alicyclic amines) is 1. The first-order valence-electron chi connectivity index (χ1n) is 24.3. The van der Waals surface area contributed by atoms with Crippen molar-refractivity contribution in [2.75, 3.05) is 42.9 Å². The minimum absolute atomic E-state index is 0.202. The fourth-order valence-corrected chi connectivity index (χ4v) is 12.6. The second kappa shape index (κ2) is 18.8. The number of amides is 2. The first kappa shape index (κ1) is 44.0. The molecule has 0 spiro atoms. The fourth-order valence-electron chi connectivity index (χ4n) is 11.4. The van der Waals surface area contributed by atoms with Gasteiger partial charge in [-0.1, -0.05) is 51.2 Å². The van der Waals surface area contributed by atoms with E-state index < -0.39 is 11.5 Å². The second-order valence-corrected chi connectivity index (χ2v) is 20.2. The number of piperidine rings is 1. The molecular formula is C54H61N7O4S. The number of anilines is 2. The molecule has 1 saturated heterocycles. The molecule has 0 radical (unpaired) electrons. The molecule has 6 aromatic rings. The summed E-state index contributed by atoms with van der Waals surface area (Å²) in [6, 6.07) is 22.3. The van der Waals surface area contributed by atoms with Crippen molar-refractivity contribution in [3.63, 3.8) is 0 Å². The van der Waals surface area contributed by atoms with E-state index in [1.165, 1.54) is 77.3 Å². The number of nitrogens with zero attached hydrogens (tertiary/aromatic N) is 5. The number of pyridine rings is 2. The third kappa shape index (κ3) is 8.77. The molecule has 12 heteroatoms. The van der Waals surface area contributed by atoms with Crippen LogP contribution in [0.15, 0.2) is 79.0 Å². The summed E-state index contributed by atoms with van der Waals surface area (Å²) in [5.74, 6) is -0.395. The van der Waals surface area contributed by atoms with Gasteiger partial charge in [0.25, 0.3) is 5.91 Å². The Morgan fingerprint density at radius 3 is 2.48 bits per heavy atom. The molecule has 0 bridgehead atoms. The normalized spacial score (nSPS) is 18.9. The van der Waals surface area contributed by atoms with Crippen LogP contribution in [0.4, 0.5) is 11.4 Å². The minimum atomic E-state index is -1.03. The summed E-state index contributed by atoms with van der Waals surface area (Å²) >= 11 is 1.59.